The van der Waals surface area contributed by atoms with Gasteiger partial charge in [0.1, 0.15) is 12.6 Å². The molecule has 1 aliphatic carbocycles. The summed E-state index contributed by atoms with van der Waals surface area (Å²) in [7, 11) is 0. The first-order valence-corrected chi connectivity index (χ1v) is 8.61. The fraction of sp³-hybridized carbons (Fsp3) is 0.300. The molecule has 1 amide bonds. The number of carbonyl (C=O) groups excluding carboxylic acids is 1. The summed E-state index contributed by atoms with van der Waals surface area (Å²) in [5.74, 6) is -4.31. The van der Waals surface area contributed by atoms with E-state index in [1.807, 2.05) is 53.8 Å². The van der Waals surface area contributed by atoms with Gasteiger partial charge in [0.15, 0.2) is 0 Å². The van der Waals surface area contributed by atoms with E-state index in [0.29, 0.717) is 6.92 Å². The molecule has 3 rings (SSSR count). The number of hydrogen-bond acceptors (Lipinski definition) is 3. The van der Waals surface area contributed by atoms with E-state index in [4.69, 9.17) is 9.84 Å². The topological polar surface area (TPSA) is 75.6 Å². The number of fused-ring (bicyclic) bond motifs is 3. The van der Waals surface area contributed by atoms with Crippen molar-refractivity contribution >= 4 is 12.1 Å². The lowest BCUT2D eigenvalue weighted by Crippen LogP contribution is -2.49. The third-order valence-electron chi connectivity index (χ3n) is 4.90. The van der Waals surface area contributed by atoms with Crippen LogP contribution in [0.5, 0.6) is 0 Å². The minimum atomic E-state index is -4.76. The fourth-order valence-corrected chi connectivity index (χ4v) is 3.36. The SMILES string of the molecule is CC([C@H](NC(=O)OCC1c2ccccc2-c2ccccc21)C(=O)O)C(F)(F)F. The third kappa shape index (κ3) is 3.81. The van der Waals surface area contributed by atoms with E-state index < -0.39 is 30.2 Å². The Labute approximate surface area is 159 Å². The molecule has 2 N–H and O–H groups in total. The van der Waals surface area contributed by atoms with E-state index in [2.05, 4.69) is 0 Å². The summed E-state index contributed by atoms with van der Waals surface area (Å²) in [6, 6.07) is 13.0. The van der Waals surface area contributed by atoms with Crippen LogP contribution in [-0.2, 0) is 9.53 Å². The largest absolute Gasteiger partial charge is 0.480 e. The quantitative estimate of drug-likeness (QED) is 0.799. The molecule has 148 valence electrons. The average molecular weight is 393 g/mol. The minimum absolute atomic E-state index is 0.118. The van der Waals surface area contributed by atoms with Gasteiger partial charge in [-0.05, 0) is 22.3 Å². The molecular weight excluding hydrogens is 375 g/mol. The Balaban J connectivity index is 1.72. The van der Waals surface area contributed by atoms with Crippen LogP contribution in [0, 0.1) is 5.92 Å². The number of hydrogen-bond donors (Lipinski definition) is 2. The predicted octanol–water partition coefficient (Wildman–Crippen LogP) is 4.18. The minimum Gasteiger partial charge on any atom is -0.480 e. The lowest BCUT2D eigenvalue weighted by molar-refractivity contribution is -0.184. The Kier molecular flexibility index (Phi) is 5.31. The molecule has 1 unspecified atom stereocenters. The smallest absolute Gasteiger partial charge is 0.407 e. The number of ether oxygens (including phenoxy) is 1. The number of rotatable bonds is 5. The summed E-state index contributed by atoms with van der Waals surface area (Å²) in [6.45, 7) is 0.578. The van der Waals surface area contributed by atoms with Gasteiger partial charge in [0.2, 0.25) is 0 Å². The first-order chi connectivity index (χ1) is 13.2. The number of aliphatic carboxylic acids is 1. The van der Waals surface area contributed by atoms with Crippen LogP contribution in [0.1, 0.15) is 24.0 Å². The Morgan fingerprint density at radius 2 is 1.57 bits per heavy atom. The maximum absolute atomic E-state index is 12.8. The monoisotopic (exact) mass is 393 g/mol. The van der Waals surface area contributed by atoms with E-state index >= 15 is 0 Å². The Morgan fingerprint density at radius 3 is 2.04 bits per heavy atom. The molecule has 5 nitrogen and oxygen atoms in total. The highest BCUT2D eigenvalue weighted by molar-refractivity contribution is 5.81. The highest BCUT2D eigenvalue weighted by Crippen LogP contribution is 2.44. The van der Waals surface area contributed by atoms with Gasteiger partial charge in [-0.2, -0.15) is 13.2 Å². The van der Waals surface area contributed by atoms with E-state index in [9.17, 15) is 22.8 Å². The molecule has 0 fully saturated rings. The number of alkyl carbamates (subject to hydrolysis) is 1. The van der Waals surface area contributed by atoms with E-state index in [1.165, 1.54) is 0 Å². The zero-order valence-electron chi connectivity index (χ0n) is 14.9. The Morgan fingerprint density at radius 1 is 1.07 bits per heavy atom. The van der Waals surface area contributed by atoms with Gasteiger partial charge >= 0.3 is 18.2 Å². The van der Waals surface area contributed by atoms with Crippen molar-refractivity contribution in [2.45, 2.75) is 25.1 Å². The lowest BCUT2D eigenvalue weighted by Gasteiger charge is -2.23. The molecule has 0 spiro atoms. The number of nitrogens with one attached hydrogen (secondary N) is 1. The highest BCUT2D eigenvalue weighted by Gasteiger charge is 2.45. The summed E-state index contributed by atoms with van der Waals surface area (Å²) in [5, 5.41) is 10.8. The zero-order valence-corrected chi connectivity index (χ0v) is 14.9. The van der Waals surface area contributed by atoms with Crippen molar-refractivity contribution in [3.63, 3.8) is 0 Å². The summed E-state index contributed by atoms with van der Waals surface area (Å²) in [6.07, 6.45) is -5.97. The molecule has 2 aromatic carbocycles. The van der Waals surface area contributed by atoms with Crippen LogP contribution >= 0.6 is 0 Å². The number of alkyl halides is 3. The molecule has 0 aromatic heterocycles. The second kappa shape index (κ2) is 7.53. The van der Waals surface area contributed by atoms with Gasteiger partial charge in [0.05, 0.1) is 5.92 Å². The molecule has 0 saturated heterocycles. The predicted molar refractivity (Wildman–Crippen MR) is 94.8 cm³/mol. The molecule has 0 aliphatic heterocycles. The molecule has 2 aromatic rings. The third-order valence-corrected chi connectivity index (χ3v) is 4.90. The summed E-state index contributed by atoms with van der Waals surface area (Å²) >= 11 is 0. The Hall–Kier alpha value is -3.03. The zero-order chi connectivity index (χ0) is 20.5. The van der Waals surface area contributed by atoms with Crippen LogP contribution in [0.4, 0.5) is 18.0 Å². The fourth-order valence-electron chi connectivity index (χ4n) is 3.36. The maximum Gasteiger partial charge on any atom is 0.407 e. The number of amides is 1. The molecule has 2 atom stereocenters. The standard InChI is InChI=1S/C20H18F3NO4/c1-11(20(21,22)23)17(18(25)26)24-19(27)28-10-16-14-8-4-2-6-12(14)13-7-3-5-9-15(13)16/h2-9,11,16-17H,10H2,1H3,(H,24,27)(H,25,26)/t11?,17-/m0/s1. The van der Waals surface area contributed by atoms with Crippen LogP contribution in [0.2, 0.25) is 0 Å². The van der Waals surface area contributed by atoms with Crippen LogP contribution in [0.25, 0.3) is 11.1 Å². The number of benzene rings is 2. The second-order valence-corrected chi connectivity index (χ2v) is 6.62. The molecule has 0 heterocycles. The number of carboxylic acids is 1. The van der Waals surface area contributed by atoms with Gasteiger partial charge in [-0.15, -0.1) is 0 Å². The van der Waals surface area contributed by atoms with Crippen LogP contribution < -0.4 is 5.32 Å². The van der Waals surface area contributed by atoms with E-state index in [0.717, 1.165) is 22.3 Å². The molecule has 0 radical (unpaired) electrons. The first-order valence-electron chi connectivity index (χ1n) is 8.61. The molecule has 8 heteroatoms. The van der Waals surface area contributed by atoms with Crippen LogP contribution in [-0.4, -0.2) is 36.0 Å². The van der Waals surface area contributed by atoms with Crippen molar-refractivity contribution in [1.29, 1.82) is 0 Å². The molecule has 0 bridgehead atoms. The van der Waals surface area contributed by atoms with Crippen molar-refractivity contribution in [3.8, 4) is 11.1 Å². The van der Waals surface area contributed by atoms with Crippen LogP contribution in [0.15, 0.2) is 48.5 Å². The van der Waals surface area contributed by atoms with E-state index in [1.54, 1.807) is 0 Å². The van der Waals surface area contributed by atoms with Gasteiger partial charge in [0, 0.05) is 5.92 Å². The normalized spacial score (nSPS) is 15.3. The van der Waals surface area contributed by atoms with Crippen molar-refractivity contribution in [2.24, 2.45) is 5.92 Å². The maximum atomic E-state index is 12.8. The molecule has 28 heavy (non-hydrogen) atoms. The van der Waals surface area contributed by atoms with Gasteiger partial charge in [-0.25, -0.2) is 9.59 Å². The van der Waals surface area contributed by atoms with Crippen molar-refractivity contribution in [3.05, 3.63) is 59.7 Å². The second-order valence-electron chi connectivity index (χ2n) is 6.62. The lowest BCUT2D eigenvalue weighted by atomic mass is 9.98. The highest BCUT2D eigenvalue weighted by atomic mass is 19.4. The van der Waals surface area contributed by atoms with E-state index in [-0.39, 0.29) is 12.5 Å². The molecular formula is C20H18F3NO4. The van der Waals surface area contributed by atoms with Crippen molar-refractivity contribution in [2.75, 3.05) is 6.61 Å². The number of carboxylic acid groups (broad SMARTS) is 1. The number of carbonyl (C=O) groups is 2. The summed E-state index contributed by atoms with van der Waals surface area (Å²) < 4.78 is 43.6. The van der Waals surface area contributed by atoms with Gasteiger partial charge in [-0.3, -0.25) is 0 Å². The Bertz CT molecular complexity index is 852. The van der Waals surface area contributed by atoms with Gasteiger partial charge in [-0.1, -0.05) is 55.5 Å². The summed E-state index contributed by atoms with van der Waals surface area (Å²) in [5.41, 5.74) is 3.88. The van der Waals surface area contributed by atoms with Gasteiger partial charge < -0.3 is 15.2 Å². The van der Waals surface area contributed by atoms with Crippen LogP contribution in [0.3, 0.4) is 0 Å². The summed E-state index contributed by atoms with van der Waals surface area (Å²) in [4.78, 5) is 23.1. The first kappa shape index (κ1) is 19.7. The van der Waals surface area contributed by atoms with Crippen molar-refractivity contribution in [1.82, 2.24) is 5.32 Å². The van der Waals surface area contributed by atoms with Crippen molar-refractivity contribution < 1.29 is 32.6 Å². The average Bonchev–Trinajstić information content (AvgIpc) is 2.97. The number of halogens is 3. The van der Waals surface area contributed by atoms with Gasteiger partial charge in [0.25, 0.3) is 0 Å². The molecule has 0 saturated carbocycles. The molecule has 1 aliphatic rings.